The van der Waals surface area contributed by atoms with Crippen LogP contribution in [0.3, 0.4) is 0 Å². The summed E-state index contributed by atoms with van der Waals surface area (Å²) >= 11 is 0. The van der Waals surface area contributed by atoms with Crippen molar-refractivity contribution < 1.29 is 0 Å². The first-order valence-electron chi connectivity index (χ1n) is 9.67. The summed E-state index contributed by atoms with van der Waals surface area (Å²) in [4.78, 5) is 0. The summed E-state index contributed by atoms with van der Waals surface area (Å²) in [5.41, 5.74) is 1.50. The molecule has 0 aromatic heterocycles. The maximum Gasteiger partial charge on any atom is 0.0379 e. The summed E-state index contributed by atoms with van der Waals surface area (Å²) in [5, 5.41) is 3.65. The zero-order valence-corrected chi connectivity index (χ0v) is 16.9. The van der Waals surface area contributed by atoms with E-state index >= 15 is 0 Å². The Balaban J connectivity index is 0. The monoisotopic (exact) mass is 319 g/mol. The maximum atomic E-state index is 3.65. The topological polar surface area (TPSA) is 12.0 Å². The number of benzene rings is 1. The van der Waals surface area contributed by atoms with Crippen LogP contribution in [-0.2, 0) is 5.54 Å². The van der Waals surface area contributed by atoms with E-state index in [9.17, 15) is 0 Å². The van der Waals surface area contributed by atoms with Crippen molar-refractivity contribution in [1.82, 2.24) is 5.32 Å². The van der Waals surface area contributed by atoms with E-state index in [2.05, 4.69) is 61.6 Å². The lowest BCUT2D eigenvalue weighted by Gasteiger charge is -2.27. The van der Waals surface area contributed by atoms with Gasteiger partial charge in [0.25, 0.3) is 0 Å². The van der Waals surface area contributed by atoms with E-state index < -0.39 is 0 Å². The lowest BCUT2D eigenvalue weighted by molar-refractivity contribution is 0.399. The summed E-state index contributed by atoms with van der Waals surface area (Å²) in [6.07, 6.45) is 9.69. The van der Waals surface area contributed by atoms with Gasteiger partial charge in [-0.15, -0.1) is 0 Å². The fourth-order valence-electron chi connectivity index (χ4n) is 1.84. The Hall–Kier alpha value is -1.08. The Bertz CT molecular complexity index is 355. The number of allylic oxidation sites excluding steroid dienone is 2. The second-order valence-electron chi connectivity index (χ2n) is 5.46. The lowest BCUT2D eigenvalue weighted by atomic mass is 9.94. The van der Waals surface area contributed by atoms with E-state index in [1.54, 1.807) is 0 Å². The molecule has 1 heteroatoms. The highest BCUT2D eigenvalue weighted by Gasteiger charge is 2.29. The minimum atomic E-state index is 0.127. The summed E-state index contributed by atoms with van der Waals surface area (Å²) in [6, 6.07) is 11.4. The van der Waals surface area contributed by atoms with Crippen molar-refractivity contribution in [3.05, 3.63) is 48.0 Å². The molecule has 1 fully saturated rings. The molecule has 23 heavy (non-hydrogen) atoms. The SMILES string of the molecule is C1=CCC1.CC.CC.CC.CC(C)(NC1CC1)c1ccccc1. The van der Waals surface area contributed by atoms with E-state index in [0.29, 0.717) is 0 Å². The molecule has 0 unspecified atom stereocenters. The Kier molecular flexibility index (Phi) is 16.6. The molecule has 0 bridgehead atoms. The van der Waals surface area contributed by atoms with Gasteiger partial charge < -0.3 is 5.32 Å². The van der Waals surface area contributed by atoms with Crippen molar-refractivity contribution in [3.63, 3.8) is 0 Å². The van der Waals surface area contributed by atoms with Gasteiger partial charge in [-0.3, -0.25) is 0 Å². The molecular formula is C22H41N. The van der Waals surface area contributed by atoms with E-state index in [1.807, 2.05) is 41.5 Å². The second kappa shape index (κ2) is 15.8. The van der Waals surface area contributed by atoms with Crippen LogP contribution in [-0.4, -0.2) is 6.04 Å². The third-order valence-corrected chi connectivity index (χ3v) is 3.30. The molecular weight excluding hydrogens is 278 g/mol. The molecule has 1 saturated carbocycles. The predicted octanol–water partition coefficient (Wildman–Crippen LogP) is 7.09. The molecule has 0 aliphatic heterocycles. The molecule has 0 heterocycles. The number of hydrogen-bond acceptors (Lipinski definition) is 1. The van der Waals surface area contributed by atoms with Crippen LogP contribution in [0.2, 0.25) is 0 Å². The molecule has 2 aliphatic carbocycles. The van der Waals surface area contributed by atoms with Crippen LogP contribution in [0.1, 0.15) is 86.6 Å². The summed E-state index contributed by atoms with van der Waals surface area (Å²) in [7, 11) is 0. The highest BCUT2D eigenvalue weighted by molar-refractivity contribution is 5.23. The molecule has 3 rings (SSSR count). The summed E-state index contributed by atoms with van der Waals surface area (Å²) < 4.78 is 0. The number of hydrogen-bond donors (Lipinski definition) is 1. The standard InChI is InChI=1S/C12H17N.C4H6.3C2H6/c1-12(2,13-11-8-9-11)10-6-4-3-5-7-10;1-2-4-3-1;3*1-2/h3-7,11,13H,8-9H2,1-2H3;1-2H,3-4H2;3*1-2H3. The molecule has 1 aromatic rings. The van der Waals surface area contributed by atoms with E-state index in [-0.39, 0.29) is 5.54 Å². The van der Waals surface area contributed by atoms with Crippen molar-refractivity contribution in [2.24, 2.45) is 0 Å². The molecule has 0 spiro atoms. The average molecular weight is 320 g/mol. The third kappa shape index (κ3) is 12.1. The molecule has 0 amide bonds. The van der Waals surface area contributed by atoms with Gasteiger partial charge in [-0.1, -0.05) is 84.0 Å². The first kappa shape index (κ1) is 24.2. The molecule has 0 radical (unpaired) electrons. The van der Waals surface area contributed by atoms with Crippen LogP contribution < -0.4 is 5.32 Å². The first-order chi connectivity index (χ1) is 11.2. The fraction of sp³-hybridized carbons (Fsp3) is 0.636. The van der Waals surface area contributed by atoms with Crippen LogP contribution in [0, 0.1) is 0 Å². The molecule has 1 N–H and O–H groups in total. The van der Waals surface area contributed by atoms with Crippen molar-refractivity contribution in [3.8, 4) is 0 Å². The molecule has 134 valence electrons. The largest absolute Gasteiger partial charge is 0.305 e. The van der Waals surface area contributed by atoms with Crippen LogP contribution >= 0.6 is 0 Å². The minimum Gasteiger partial charge on any atom is -0.305 e. The van der Waals surface area contributed by atoms with E-state index in [0.717, 1.165) is 6.04 Å². The third-order valence-electron chi connectivity index (χ3n) is 3.30. The second-order valence-corrected chi connectivity index (χ2v) is 5.46. The zero-order chi connectivity index (χ0) is 18.1. The van der Waals surface area contributed by atoms with Crippen molar-refractivity contribution in [1.29, 1.82) is 0 Å². The quantitative estimate of drug-likeness (QED) is 0.586. The van der Waals surface area contributed by atoms with Gasteiger partial charge in [0, 0.05) is 11.6 Å². The number of nitrogens with one attached hydrogen (secondary N) is 1. The Morgan fingerprint density at radius 2 is 1.17 bits per heavy atom. The predicted molar refractivity (Wildman–Crippen MR) is 108 cm³/mol. The Morgan fingerprint density at radius 3 is 1.48 bits per heavy atom. The van der Waals surface area contributed by atoms with Gasteiger partial charge in [0.2, 0.25) is 0 Å². The van der Waals surface area contributed by atoms with Gasteiger partial charge in [-0.05, 0) is 45.1 Å². The molecule has 1 aromatic carbocycles. The molecule has 0 atom stereocenters. The van der Waals surface area contributed by atoms with Crippen LogP contribution in [0.15, 0.2) is 42.5 Å². The summed E-state index contributed by atoms with van der Waals surface area (Å²) in [6.45, 7) is 16.5. The van der Waals surface area contributed by atoms with Crippen molar-refractivity contribution in [2.45, 2.75) is 92.7 Å². The summed E-state index contributed by atoms with van der Waals surface area (Å²) in [5.74, 6) is 0. The molecule has 2 aliphatic rings. The number of rotatable bonds is 3. The van der Waals surface area contributed by atoms with E-state index in [4.69, 9.17) is 0 Å². The Labute approximate surface area is 146 Å². The fourth-order valence-corrected chi connectivity index (χ4v) is 1.84. The zero-order valence-electron chi connectivity index (χ0n) is 16.9. The van der Waals surface area contributed by atoms with Gasteiger partial charge in [0.05, 0.1) is 0 Å². The Morgan fingerprint density at radius 1 is 0.783 bits per heavy atom. The first-order valence-corrected chi connectivity index (χ1v) is 9.67. The molecule has 1 nitrogen and oxygen atoms in total. The maximum absolute atomic E-state index is 3.65. The van der Waals surface area contributed by atoms with Crippen LogP contribution in [0.4, 0.5) is 0 Å². The molecule has 0 saturated heterocycles. The highest BCUT2D eigenvalue weighted by Crippen LogP contribution is 2.27. The van der Waals surface area contributed by atoms with Gasteiger partial charge in [-0.25, -0.2) is 0 Å². The van der Waals surface area contributed by atoms with Gasteiger partial charge in [0.15, 0.2) is 0 Å². The highest BCUT2D eigenvalue weighted by atomic mass is 15.0. The average Bonchev–Trinajstić information content (AvgIpc) is 3.36. The van der Waals surface area contributed by atoms with E-state index in [1.165, 1.54) is 31.2 Å². The van der Waals surface area contributed by atoms with Crippen LogP contribution in [0.25, 0.3) is 0 Å². The minimum absolute atomic E-state index is 0.127. The van der Waals surface area contributed by atoms with Gasteiger partial charge >= 0.3 is 0 Å². The normalized spacial score (nSPS) is 14.1. The van der Waals surface area contributed by atoms with Crippen molar-refractivity contribution >= 4 is 0 Å². The van der Waals surface area contributed by atoms with Gasteiger partial charge in [0.1, 0.15) is 0 Å². The van der Waals surface area contributed by atoms with Gasteiger partial charge in [-0.2, -0.15) is 0 Å². The smallest absolute Gasteiger partial charge is 0.0379 e. The lowest BCUT2D eigenvalue weighted by Crippen LogP contribution is -2.37. The van der Waals surface area contributed by atoms with Crippen molar-refractivity contribution in [2.75, 3.05) is 0 Å². The van der Waals surface area contributed by atoms with Crippen LogP contribution in [0.5, 0.6) is 0 Å².